The molecule has 9 heteroatoms. The Kier molecular flexibility index (Phi) is 4.59. The Morgan fingerprint density at radius 2 is 2.16 bits per heavy atom. The van der Waals surface area contributed by atoms with Crippen LogP contribution in [0.25, 0.3) is 0 Å². The zero-order valence-electron chi connectivity index (χ0n) is 10.7. The number of sulfonamides is 1. The lowest BCUT2D eigenvalue weighted by Gasteiger charge is -2.22. The molecule has 1 aliphatic rings. The third kappa shape index (κ3) is 3.15. The van der Waals surface area contributed by atoms with E-state index in [0.29, 0.717) is 12.5 Å². The largest absolute Gasteiger partial charge is 0.329 e. The molecule has 2 rings (SSSR count). The van der Waals surface area contributed by atoms with Crippen molar-refractivity contribution in [2.24, 2.45) is 18.7 Å². The van der Waals surface area contributed by atoms with Crippen molar-refractivity contribution in [1.29, 1.82) is 0 Å². The quantitative estimate of drug-likeness (QED) is 0.797. The van der Waals surface area contributed by atoms with Gasteiger partial charge in [0.25, 0.3) is 10.0 Å². The number of aryl methyl sites for hydroxylation is 1. The molecule has 0 radical (unpaired) electrons. The van der Waals surface area contributed by atoms with Gasteiger partial charge in [0.2, 0.25) is 5.03 Å². The van der Waals surface area contributed by atoms with Crippen molar-refractivity contribution < 1.29 is 8.42 Å². The van der Waals surface area contributed by atoms with Crippen LogP contribution in [-0.4, -0.2) is 36.0 Å². The van der Waals surface area contributed by atoms with Crippen molar-refractivity contribution >= 4 is 26.0 Å². The van der Waals surface area contributed by atoms with Gasteiger partial charge in [-0.2, -0.15) is 0 Å². The van der Waals surface area contributed by atoms with Gasteiger partial charge in [-0.15, -0.1) is 5.10 Å². The Bertz CT molecular complexity index is 519. The smallest absolute Gasteiger partial charge is 0.260 e. The molecular weight excluding hydrogens is 334 g/mol. The number of nitrogens with zero attached hydrogens (tertiary/aromatic N) is 3. The molecule has 1 unspecified atom stereocenters. The zero-order chi connectivity index (χ0) is 14.0. The number of hydrogen-bond donors (Lipinski definition) is 2. The van der Waals surface area contributed by atoms with Crippen molar-refractivity contribution in [3.63, 3.8) is 0 Å². The number of rotatable bonds is 5. The fourth-order valence-corrected chi connectivity index (χ4v) is 4.97. The SMILES string of the molecule is Cn1nnc(Br)c1S(=O)(=O)NC(CN)C1CCCC1. The van der Waals surface area contributed by atoms with Crippen LogP contribution in [0.15, 0.2) is 9.63 Å². The first-order valence-corrected chi connectivity index (χ1v) is 8.51. The molecule has 1 saturated carbocycles. The number of aromatic nitrogens is 3. The summed E-state index contributed by atoms with van der Waals surface area (Å²) in [5.41, 5.74) is 5.71. The fraction of sp³-hybridized carbons (Fsp3) is 0.800. The summed E-state index contributed by atoms with van der Waals surface area (Å²) in [4.78, 5) is 0. The average Bonchev–Trinajstić information content (AvgIpc) is 2.96. The van der Waals surface area contributed by atoms with E-state index in [1.54, 1.807) is 7.05 Å². The zero-order valence-corrected chi connectivity index (χ0v) is 13.1. The van der Waals surface area contributed by atoms with Crippen LogP contribution < -0.4 is 10.5 Å². The van der Waals surface area contributed by atoms with Gasteiger partial charge < -0.3 is 5.73 Å². The van der Waals surface area contributed by atoms with E-state index in [4.69, 9.17) is 5.73 Å². The van der Waals surface area contributed by atoms with Gasteiger partial charge in [-0.1, -0.05) is 18.1 Å². The van der Waals surface area contributed by atoms with E-state index in [0.717, 1.165) is 25.7 Å². The third-order valence-electron chi connectivity index (χ3n) is 3.52. The van der Waals surface area contributed by atoms with Gasteiger partial charge in [-0.05, 0) is 34.7 Å². The van der Waals surface area contributed by atoms with Crippen molar-refractivity contribution in [3.8, 4) is 0 Å². The van der Waals surface area contributed by atoms with Gasteiger partial charge >= 0.3 is 0 Å². The van der Waals surface area contributed by atoms with Gasteiger partial charge in [0.05, 0.1) is 0 Å². The molecule has 1 heterocycles. The molecule has 0 bridgehead atoms. The highest BCUT2D eigenvalue weighted by molar-refractivity contribution is 9.10. The van der Waals surface area contributed by atoms with E-state index in [1.807, 2.05) is 0 Å². The Morgan fingerprint density at radius 3 is 2.63 bits per heavy atom. The van der Waals surface area contributed by atoms with Crippen molar-refractivity contribution in [2.45, 2.75) is 36.8 Å². The summed E-state index contributed by atoms with van der Waals surface area (Å²) in [6.45, 7) is 0.298. The van der Waals surface area contributed by atoms with Crippen LogP contribution in [-0.2, 0) is 17.1 Å². The average molecular weight is 352 g/mol. The minimum absolute atomic E-state index is 0.0314. The molecular formula is C10H18BrN5O2S. The summed E-state index contributed by atoms with van der Waals surface area (Å²) in [5, 5.41) is 7.41. The summed E-state index contributed by atoms with van der Waals surface area (Å²) in [5.74, 6) is 0.319. The molecule has 0 amide bonds. The molecule has 0 spiro atoms. The van der Waals surface area contributed by atoms with Crippen LogP contribution in [0.3, 0.4) is 0 Å². The maximum atomic E-state index is 12.4. The van der Waals surface area contributed by atoms with Crippen molar-refractivity contribution in [3.05, 3.63) is 4.60 Å². The standard InChI is InChI=1S/C10H18BrN5O2S/c1-16-10(9(11)13-15-16)19(17,18)14-8(6-12)7-4-2-3-5-7/h7-8,14H,2-6,12H2,1H3. The summed E-state index contributed by atoms with van der Waals surface area (Å²) in [6, 6.07) is -0.228. The molecule has 1 aromatic heterocycles. The Hall–Kier alpha value is -0.510. The maximum absolute atomic E-state index is 12.4. The van der Waals surface area contributed by atoms with Crippen LogP contribution in [0.4, 0.5) is 0 Å². The number of hydrogen-bond acceptors (Lipinski definition) is 5. The van der Waals surface area contributed by atoms with Crippen LogP contribution in [0.2, 0.25) is 0 Å². The minimum Gasteiger partial charge on any atom is -0.329 e. The van der Waals surface area contributed by atoms with Gasteiger partial charge in [-0.3, -0.25) is 0 Å². The molecule has 1 fully saturated rings. The highest BCUT2D eigenvalue weighted by Gasteiger charge is 2.31. The van der Waals surface area contributed by atoms with E-state index in [1.165, 1.54) is 4.68 Å². The molecule has 108 valence electrons. The number of halogens is 1. The fourth-order valence-electron chi connectivity index (χ4n) is 2.56. The second-order valence-corrected chi connectivity index (χ2v) is 7.20. The lowest BCUT2D eigenvalue weighted by molar-refractivity contribution is 0.404. The first-order valence-electron chi connectivity index (χ1n) is 6.23. The van der Waals surface area contributed by atoms with Gasteiger partial charge in [0.1, 0.15) is 0 Å². The van der Waals surface area contributed by atoms with E-state index >= 15 is 0 Å². The molecule has 1 atom stereocenters. The molecule has 0 saturated heterocycles. The Labute approximate surface area is 121 Å². The summed E-state index contributed by atoms with van der Waals surface area (Å²) in [6.07, 6.45) is 4.32. The lowest BCUT2D eigenvalue weighted by Crippen LogP contribution is -2.45. The van der Waals surface area contributed by atoms with Crippen LogP contribution in [0.5, 0.6) is 0 Å². The Balaban J connectivity index is 2.20. The van der Waals surface area contributed by atoms with Gasteiger partial charge in [0, 0.05) is 19.6 Å². The summed E-state index contributed by atoms with van der Waals surface area (Å²) >= 11 is 3.10. The number of nitrogens with two attached hydrogens (primary N) is 1. The minimum atomic E-state index is -3.67. The van der Waals surface area contributed by atoms with Crippen molar-refractivity contribution in [2.75, 3.05) is 6.54 Å². The van der Waals surface area contributed by atoms with Crippen LogP contribution >= 0.6 is 15.9 Å². The van der Waals surface area contributed by atoms with Gasteiger partial charge in [0.15, 0.2) is 4.60 Å². The second-order valence-electron chi connectivity index (χ2n) is 4.82. The van der Waals surface area contributed by atoms with E-state index in [9.17, 15) is 8.42 Å². The van der Waals surface area contributed by atoms with Crippen LogP contribution in [0.1, 0.15) is 25.7 Å². The molecule has 0 aromatic carbocycles. The highest BCUT2D eigenvalue weighted by Crippen LogP contribution is 2.28. The second kappa shape index (κ2) is 5.86. The third-order valence-corrected chi connectivity index (χ3v) is 5.90. The topological polar surface area (TPSA) is 103 Å². The highest BCUT2D eigenvalue weighted by atomic mass is 79.9. The molecule has 0 aliphatic heterocycles. The number of nitrogens with one attached hydrogen (secondary N) is 1. The first kappa shape index (κ1) is 14.9. The summed E-state index contributed by atoms with van der Waals surface area (Å²) in [7, 11) is -2.12. The predicted molar refractivity (Wildman–Crippen MR) is 73.8 cm³/mol. The monoisotopic (exact) mass is 351 g/mol. The molecule has 1 aliphatic carbocycles. The molecule has 3 N–H and O–H groups in total. The molecule has 7 nitrogen and oxygen atoms in total. The maximum Gasteiger partial charge on any atom is 0.260 e. The van der Waals surface area contributed by atoms with E-state index < -0.39 is 10.0 Å². The van der Waals surface area contributed by atoms with Crippen LogP contribution in [0, 0.1) is 5.92 Å². The molecule has 19 heavy (non-hydrogen) atoms. The van der Waals surface area contributed by atoms with Gasteiger partial charge in [-0.25, -0.2) is 17.8 Å². The van der Waals surface area contributed by atoms with Crippen molar-refractivity contribution in [1.82, 2.24) is 19.7 Å². The Morgan fingerprint density at radius 1 is 1.53 bits per heavy atom. The lowest BCUT2D eigenvalue weighted by atomic mass is 9.99. The predicted octanol–water partition coefficient (Wildman–Crippen LogP) is 0.373. The first-order chi connectivity index (χ1) is 8.95. The van der Waals surface area contributed by atoms with E-state index in [2.05, 4.69) is 31.0 Å². The normalized spacial score (nSPS) is 18.9. The van der Waals surface area contributed by atoms with E-state index in [-0.39, 0.29) is 15.7 Å². The molecule has 1 aromatic rings. The summed E-state index contributed by atoms with van der Waals surface area (Å²) < 4.78 is 28.9.